The SMILES string of the molecule is C[C@]12CCC(=O)C=C1CC[C@@H]1[C@@H]2CC[C@@]2(C)[C@H]1CCC2(O)C#CCO. The average molecular weight is 342 g/mol. The number of ketones is 1. The molecule has 3 heteroatoms. The summed E-state index contributed by atoms with van der Waals surface area (Å²) in [5.41, 5.74) is 0.445. The molecule has 0 heterocycles. The van der Waals surface area contributed by atoms with Crippen molar-refractivity contribution < 1.29 is 15.0 Å². The van der Waals surface area contributed by atoms with E-state index in [0.29, 0.717) is 30.0 Å². The van der Waals surface area contributed by atoms with E-state index in [1.54, 1.807) is 0 Å². The number of aliphatic hydroxyl groups is 2. The fraction of sp³-hybridized carbons (Fsp3) is 0.773. The van der Waals surface area contributed by atoms with E-state index in [2.05, 4.69) is 25.7 Å². The van der Waals surface area contributed by atoms with Gasteiger partial charge in [0.25, 0.3) is 0 Å². The Hall–Kier alpha value is -1.11. The lowest BCUT2D eigenvalue weighted by Crippen LogP contribution is -2.54. The quantitative estimate of drug-likeness (QED) is 0.665. The Morgan fingerprint density at radius 3 is 2.64 bits per heavy atom. The summed E-state index contributed by atoms with van der Waals surface area (Å²) in [7, 11) is 0. The van der Waals surface area contributed by atoms with Gasteiger partial charge in [0.1, 0.15) is 12.2 Å². The van der Waals surface area contributed by atoms with Crippen LogP contribution in [-0.4, -0.2) is 28.2 Å². The van der Waals surface area contributed by atoms with Crippen LogP contribution in [0.25, 0.3) is 0 Å². The number of rotatable bonds is 0. The van der Waals surface area contributed by atoms with E-state index in [0.717, 1.165) is 44.9 Å². The van der Waals surface area contributed by atoms with Crippen LogP contribution < -0.4 is 0 Å². The molecule has 0 aromatic rings. The lowest BCUT2D eigenvalue weighted by molar-refractivity contribution is -0.119. The summed E-state index contributed by atoms with van der Waals surface area (Å²) in [6.45, 7) is 4.43. The van der Waals surface area contributed by atoms with Crippen molar-refractivity contribution in [2.75, 3.05) is 6.61 Å². The average Bonchev–Trinajstić information content (AvgIpc) is 2.85. The van der Waals surface area contributed by atoms with E-state index in [-0.39, 0.29) is 17.4 Å². The van der Waals surface area contributed by atoms with Crippen LogP contribution in [0.3, 0.4) is 0 Å². The fourth-order valence-electron chi connectivity index (χ4n) is 6.97. The minimum Gasteiger partial charge on any atom is -0.384 e. The molecule has 0 amide bonds. The molecule has 3 saturated carbocycles. The van der Waals surface area contributed by atoms with Crippen molar-refractivity contribution in [3.8, 4) is 11.8 Å². The van der Waals surface area contributed by atoms with E-state index in [9.17, 15) is 9.90 Å². The summed E-state index contributed by atoms with van der Waals surface area (Å²) >= 11 is 0. The van der Waals surface area contributed by atoms with Crippen molar-refractivity contribution in [2.45, 2.75) is 70.8 Å². The van der Waals surface area contributed by atoms with Crippen LogP contribution in [0.4, 0.5) is 0 Å². The number of aliphatic hydroxyl groups excluding tert-OH is 1. The summed E-state index contributed by atoms with van der Waals surface area (Å²) in [5, 5.41) is 20.3. The number of hydrogen-bond acceptors (Lipinski definition) is 3. The molecule has 4 aliphatic rings. The van der Waals surface area contributed by atoms with Crippen LogP contribution >= 0.6 is 0 Å². The molecule has 25 heavy (non-hydrogen) atoms. The van der Waals surface area contributed by atoms with E-state index in [1.807, 2.05) is 6.08 Å². The molecule has 1 unspecified atom stereocenters. The number of carbonyl (C=O) groups excluding carboxylic acids is 1. The second-order valence-corrected chi connectivity index (χ2v) is 9.28. The van der Waals surface area contributed by atoms with E-state index >= 15 is 0 Å². The predicted molar refractivity (Wildman–Crippen MR) is 96.5 cm³/mol. The van der Waals surface area contributed by atoms with Crippen LogP contribution in [-0.2, 0) is 4.79 Å². The molecule has 3 nitrogen and oxygen atoms in total. The molecule has 6 atom stereocenters. The zero-order valence-electron chi connectivity index (χ0n) is 15.5. The van der Waals surface area contributed by atoms with Gasteiger partial charge in [-0.15, -0.1) is 0 Å². The summed E-state index contributed by atoms with van der Waals surface area (Å²) < 4.78 is 0. The Kier molecular flexibility index (Phi) is 3.94. The molecular formula is C22H30O3. The largest absolute Gasteiger partial charge is 0.384 e. The molecule has 3 fully saturated rings. The first-order valence-corrected chi connectivity index (χ1v) is 9.91. The molecule has 136 valence electrons. The number of hydrogen-bond donors (Lipinski definition) is 2. The van der Waals surface area contributed by atoms with Crippen LogP contribution in [0.2, 0.25) is 0 Å². The lowest BCUT2D eigenvalue weighted by atomic mass is 9.46. The van der Waals surface area contributed by atoms with Gasteiger partial charge in [-0.1, -0.05) is 31.3 Å². The van der Waals surface area contributed by atoms with E-state index in [1.165, 1.54) is 5.57 Å². The highest BCUT2D eigenvalue weighted by molar-refractivity contribution is 5.91. The number of fused-ring (bicyclic) bond motifs is 5. The highest BCUT2D eigenvalue weighted by Crippen LogP contribution is 2.67. The second kappa shape index (κ2) is 5.69. The van der Waals surface area contributed by atoms with Gasteiger partial charge in [0, 0.05) is 11.8 Å². The number of carbonyl (C=O) groups is 1. The summed E-state index contributed by atoms with van der Waals surface area (Å²) in [6.07, 6.45) is 9.68. The van der Waals surface area contributed by atoms with Crippen molar-refractivity contribution in [1.29, 1.82) is 0 Å². The molecule has 0 spiro atoms. The van der Waals surface area contributed by atoms with Crippen molar-refractivity contribution in [2.24, 2.45) is 28.6 Å². The molecule has 0 bridgehead atoms. The third-order valence-electron chi connectivity index (χ3n) is 8.49. The molecule has 4 rings (SSSR count). The van der Waals surface area contributed by atoms with Crippen molar-refractivity contribution in [1.82, 2.24) is 0 Å². The number of allylic oxidation sites excluding steroid dienone is 1. The van der Waals surface area contributed by atoms with Gasteiger partial charge >= 0.3 is 0 Å². The van der Waals surface area contributed by atoms with Gasteiger partial charge in [-0.2, -0.15) is 0 Å². The Morgan fingerprint density at radius 2 is 1.88 bits per heavy atom. The van der Waals surface area contributed by atoms with E-state index in [4.69, 9.17) is 5.11 Å². The van der Waals surface area contributed by atoms with Gasteiger partial charge in [0.2, 0.25) is 0 Å². The molecular weight excluding hydrogens is 312 g/mol. The summed E-state index contributed by atoms with van der Waals surface area (Å²) in [4.78, 5) is 11.9. The highest BCUT2D eigenvalue weighted by atomic mass is 16.3. The van der Waals surface area contributed by atoms with Gasteiger partial charge < -0.3 is 10.2 Å². The van der Waals surface area contributed by atoms with Gasteiger partial charge in [-0.05, 0) is 74.2 Å². The van der Waals surface area contributed by atoms with Crippen LogP contribution in [0.5, 0.6) is 0 Å². The monoisotopic (exact) mass is 342 g/mol. The normalized spacial score (nSPS) is 48.6. The van der Waals surface area contributed by atoms with Crippen LogP contribution in [0.1, 0.15) is 65.2 Å². The minimum absolute atomic E-state index is 0.168. The molecule has 2 N–H and O–H groups in total. The Labute approximate surface area is 150 Å². The zero-order valence-corrected chi connectivity index (χ0v) is 15.5. The van der Waals surface area contributed by atoms with Gasteiger partial charge in [0.15, 0.2) is 5.78 Å². The van der Waals surface area contributed by atoms with Crippen LogP contribution in [0, 0.1) is 40.4 Å². The molecule has 0 aromatic carbocycles. The Bertz CT molecular complexity index is 683. The second-order valence-electron chi connectivity index (χ2n) is 9.28. The first-order valence-electron chi connectivity index (χ1n) is 9.91. The molecule has 0 aromatic heterocycles. The smallest absolute Gasteiger partial charge is 0.155 e. The highest BCUT2D eigenvalue weighted by Gasteiger charge is 2.63. The minimum atomic E-state index is -0.953. The maximum Gasteiger partial charge on any atom is 0.155 e. The third-order valence-corrected chi connectivity index (χ3v) is 8.49. The lowest BCUT2D eigenvalue weighted by Gasteiger charge is -2.58. The Balaban J connectivity index is 1.67. The zero-order chi connectivity index (χ0) is 17.9. The summed E-state index contributed by atoms with van der Waals surface area (Å²) in [6, 6.07) is 0. The van der Waals surface area contributed by atoms with Crippen molar-refractivity contribution in [3.05, 3.63) is 11.6 Å². The van der Waals surface area contributed by atoms with Gasteiger partial charge in [-0.3, -0.25) is 4.79 Å². The predicted octanol–water partition coefficient (Wildman–Crippen LogP) is 3.25. The van der Waals surface area contributed by atoms with Crippen molar-refractivity contribution in [3.63, 3.8) is 0 Å². The fourth-order valence-corrected chi connectivity index (χ4v) is 6.97. The van der Waals surface area contributed by atoms with Crippen LogP contribution in [0.15, 0.2) is 11.6 Å². The third kappa shape index (κ3) is 2.30. The molecule has 0 saturated heterocycles. The molecule has 0 radical (unpaired) electrons. The Morgan fingerprint density at radius 1 is 1.12 bits per heavy atom. The first kappa shape index (κ1) is 17.3. The maximum atomic E-state index is 11.9. The maximum absolute atomic E-state index is 11.9. The van der Waals surface area contributed by atoms with Gasteiger partial charge in [-0.25, -0.2) is 0 Å². The standard InChI is InChI=1S/C22H30O3/c1-20-10-6-16(24)14-15(20)4-5-17-18(20)7-11-21(2)19(17)8-12-22(21,25)9-3-13-23/h14,17-19,23,25H,4-8,10-13H2,1-2H3/t17-,18+,19+,20+,21+,22?/m1/s1. The molecule has 4 aliphatic carbocycles. The molecule has 0 aliphatic heterocycles. The van der Waals surface area contributed by atoms with Crippen molar-refractivity contribution >= 4 is 5.78 Å². The van der Waals surface area contributed by atoms with E-state index < -0.39 is 5.60 Å². The summed E-state index contributed by atoms with van der Waals surface area (Å²) in [5.74, 6) is 7.80. The first-order chi connectivity index (χ1) is 11.8. The van der Waals surface area contributed by atoms with Gasteiger partial charge in [0.05, 0.1) is 0 Å². The topological polar surface area (TPSA) is 57.5 Å².